The van der Waals surface area contributed by atoms with Crippen molar-refractivity contribution in [3.63, 3.8) is 0 Å². The van der Waals surface area contributed by atoms with Crippen LogP contribution in [0.5, 0.6) is 5.75 Å². The number of likely N-dealkylation sites (tertiary alicyclic amines) is 1. The van der Waals surface area contributed by atoms with E-state index in [1.807, 2.05) is 31.2 Å². The maximum Gasteiger partial charge on any atom is 0.226 e. The Morgan fingerprint density at radius 3 is 2.40 bits per heavy atom. The molecule has 0 radical (unpaired) electrons. The first-order valence-electron chi connectivity index (χ1n) is 8.43. The second kappa shape index (κ2) is 8.50. The lowest BCUT2D eigenvalue weighted by Gasteiger charge is -2.27. The van der Waals surface area contributed by atoms with Gasteiger partial charge in [-0.25, -0.2) is 0 Å². The molecule has 7 heteroatoms. The molecule has 0 bridgehead atoms. The van der Waals surface area contributed by atoms with Crippen LogP contribution in [0.1, 0.15) is 31.9 Å². The van der Waals surface area contributed by atoms with Gasteiger partial charge in [-0.1, -0.05) is 12.1 Å². The molecule has 0 aromatic heterocycles. The topological polar surface area (TPSA) is 87.7 Å². The van der Waals surface area contributed by atoms with Crippen LogP contribution in [0.25, 0.3) is 0 Å². The van der Waals surface area contributed by atoms with Crippen LogP contribution in [0.4, 0.5) is 0 Å². The minimum Gasteiger partial charge on any atom is -0.497 e. The predicted octanol–water partition coefficient (Wildman–Crippen LogP) is 0.857. The molecular formula is C18H25N3O4. The van der Waals surface area contributed by atoms with Crippen molar-refractivity contribution < 1.29 is 19.1 Å². The zero-order valence-corrected chi connectivity index (χ0v) is 14.9. The van der Waals surface area contributed by atoms with Gasteiger partial charge in [-0.15, -0.1) is 0 Å². The maximum absolute atomic E-state index is 12.6. The van der Waals surface area contributed by atoms with Gasteiger partial charge in [0.25, 0.3) is 0 Å². The summed E-state index contributed by atoms with van der Waals surface area (Å²) in [5.74, 6) is -0.0510. The second-order valence-corrected chi connectivity index (χ2v) is 5.98. The van der Waals surface area contributed by atoms with Gasteiger partial charge in [-0.05, 0) is 24.6 Å². The number of hydrogen-bond donors (Lipinski definition) is 2. The van der Waals surface area contributed by atoms with Gasteiger partial charge in [0.2, 0.25) is 17.7 Å². The molecule has 2 atom stereocenters. The Balaban J connectivity index is 2.12. The minimum atomic E-state index is -0.446. The van der Waals surface area contributed by atoms with Crippen LogP contribution in [-0.4, -0.2) is 49.4 Å². The average molecular weight is 347 g/mol. The summed E-state index contributed by atoms with van der Waals surface area (Å²) in [4.78, 5) is 37.5. The third kappa shape index (κ3) is 4.49. The van der Waals surface area contributed by atoms with Crippen molar-refractivity contribution in [2.24, 2.45) is 5.92 Å². The molecule has 7 nitrogen and oxygen atoms in total. The minimum absolute atomic E-state index is 0.0228. The maximum atomic E-state index is 12.6. The van der Waals surface area contributed by atoms with Gasteiger partial charge in [0.15, 0.2) is 0 Å². The van der Waals surface area contributed by atoms with Crippen molar-refractivity contribution in [2.75, 3.05) is 26.7 Å². The van der Waals surface area contributed by atoms with Crippen LogP contribution in [0.2, 0.25) is 0 Å². The zero-order valence-electron chi connectivity index (χ0n) is 14.9. The molecule has 0 unspecified atom stereocenters. The van der Waals surface area contributed by atoms with E-state index in [1.54, 1.807) is 12.0 Å². The first-order chi connectivity index (χ1) is 12.0. The summed E-state index contributed by atoms with van der Waals surface area (Å²) in [6, 6.07) is 7.16. The number of carbonyl (C=O) groups excluding carboxylic acids is 3. The summed E-state index contributed by atoms with van der Waals surface area (Å²) in [6.45, 7) is 4.59. The highest BCUT2D eigenvalue weighted by Gasteiger charge is 2.43. The Hall–Kier alpha value is -2.57. The Labute approximate surface area is 147 Å². The Kier molecular flexibility index (Phi) is 6.38. The number of hydrogen-bond acceptors (Lipinski definition) is 4. The van der Waals surface area contributed by atoms with Crippen molar-refractivity contribution in [2.45, 2.75) is 26.3 Å². The van der Waals surface area contributed by atoms with Gasteiger partial charge in [0.05, 0.1) is 19.1 Å². The number of benzene rings is 1. The van der Waals surface area contributed by atoms with Crippen LogP contribution in [0.3, 0.4) is 0 Å². The van der Waals surface area contributed by atoms with E-state index < -0.39 is 5.92 Å². The molecule has 0 aliphatic carbocycles. The number of nitrogens with zero attached hydrogens (tertiary/aromatic N) is 1. The fourth-order valence-corrected chi connectivity index (χ4v) is 3.17. The molecule has 1 heterocycles. The molecule has 136 valence electrons. The molecule has 0 saturated carbocycles. The van der Waals surface area contributed by atoms with Gasteiger partial charge in [0.1, 0.15) is 5.75 Å². The highest BCUT2D eigenvalue weighted by atomic mass is 16.5. The van der Waals surface area contributed by atoms with Crippen molar-refractivity contribution >= 4 is 17.7 Å². The number of amides is 3. The Morgan fingerprint density at radius 2 is 1.84 bits per heavy atom. The molecule has 3 amide bonds. The molecule has 25 heavy (non-hydrogen) atoms. The van der Waals surface area contributed by atoms with Gasteiger partial charge in [-0.2, -0.15) is 0 Å². The van der Waals surface area contributed by atoms with E-state index in [4.69, 9.17) is 4.74 Å². The molecule has 1 fully saturated rings. The molecular weight excluding hydrogens is 322 g/mol. The molecule has 1 aromatic rings. The van der Waals surface area contributed by atoms with E-state index in [0.717, 1.165) is 11.3 Å². The van der Waals surface area contributed by atoms with Crippen molar-refractivity contribution in [3.05, 3.63) is 29.8 Å². The molecule has 1 aliphatic rings. The Morgan fingerprint density at radius 1 is 1.20 bits per heavy atom. The monoisotopic (exact) mass is 347 g/mol. The normalized spacial score (nSPS) is 19.6. The average Bonchev–Trinajstić information content (AvgIpc) is 2.94. The van der Waals surface area contributed by atoms with Gasteiger partial charge in [-0.3, -0.25) is 14.4 Å². The SMILES string of the molecule is CCN1C(=O)C[C@@H](C(=O)NCCNC(C)=O)[C@@H]1c1ccc(OC)cc1. The second-order valence-electron chi connectivity index (χ2n) is 5.98. The van der Waals surface area contributed by atoms with E-state index in [9.17, 15) is 14.4 Å². The summed E-state index contributed by atoms with van der Waals surface area (Å²) in [5, 5.41) is 5.44. The lowest BCUT2D eigenvalue weighted by Crippen LogP contribution is -2.39. The van der Waals surface area contributed by atoms with Gasteiger partial charge in [0, 0.05) is 33.0 Å². The van der Waals surface area contributed by atoms with E-state index in [1.165, 1.54) is 6.92 Å². The number of ether oxygens (including phenoxy) is 1. The summed E-state index contributed by atoms with van der Waals surface area (Å²) in [5.41, 5.74) is 0.913. The number of rotatable bonds is 7. The van der Waals surface area contributed by atoms with Crippen LogP contribution >= 0.6 is 0 Å². The van der Waals surface area contributed by atoms with E-state index in [2.05, 4.69) is 10.6 Å². The van der Waals surface area contributed by atoms with Crippen molar-refractivity contribution in [1.82, 2.24) is 15.5 Å². The molecule has 1 aliphatic heterocycles. The predicted molar refractivity (Wildman–Crippen MR) is 92.9 cm³/mol. The largest absolute Gasteiger partial charge is 0.497 e. The van der Waals surface area contributed by atoms with Crippen LogP contribution in [0, 0.1) is 5.92 Å². The summed E-state index contributed by atoms with van der Waals surface area (Å²) in [6.07, 6.45) is 0.191. The van der Waals surface area contributed by atoms with Crippen LogP contribution in [-0.2, 0) is 14.4 Å². The fraction of sp³-hybridized carbons (Fsp3) is 0.500. The molecule has 2 N–H and O–H groups in total. The highest BCUT2D eigenvalue weighted by molar-refractivity contribution is 5.90. The van der Waals surface area contributed by atoms with Crippen molar-refractivity contribution in [3.8, 4) is 5.75 Å². The smallest absolute Gasteiger partial charge is 0.226 e. The van der Waals surface area contributed by atoms with E-state index in [0.29, 0.717) is 19.6 Å². The van der Waals surface area contributed by atoms with E-state index >= 15 is 0 Å². The lowest BCUT2D eigenvalue weighted by molar-refractivity contribution is -0.129. The number of methoxy groups -OCH3 is 1. The molecule has 1 saturated heterocycles. The lowest BCUT2D eigenvalue weighted by atomic mass is 9.92. The van der Waals surface area contributed by atoms with Crippen molar-refractivity contribution in [1.29, 1.82) is 0 Å². The number of carbonyl (C=O) groups is 3. The van der Waals surface area contributed by atoms with Gasteiger partial charge < -0.3 is 20.3 Å². The van der Waals surface area contributed by atoms with Gasteiger partial charge >= 0.3 is 0 Å². The number of nitrogens with one attached hydrogen (secondary N) is 2. The molecule has 2 rings (SSSR count). The van der Waals surface area contributed by atoms with Crippen LogP contribution < -0.4 is 15.4 Å². The third-order valence-corrected chi connectivity index (χ3v) is 4.36. The first-order valence-corrected chi connectivity index (χ1v) is 8.43. The third-order valence-electron chi connectivity index (χ3n) is 4.36. The molecule has 0 spiro atoms. The van der Waals surface area contributed by atoms with Crippen LogP contribution in [0.15, 0.2) is 24.3 Å². The zero-order chi connectivity index (χ0) is 18.4. The molecule has 1 aromatic carbocycles. The fourth-order valence-electron chi connectivity index (χ4n) is 3.17. The summed E-state index contributed by atoms with van der Waals surface area (Å²) in [7, 11) is 1.60. The quantitative estimate of drug-likeness (QED) is 0.716. The summed E-state index contributed by atoms with van der Waals surface area (Å²) < 4.78 is 5.17. The van der Waals surface area contributed by atoms with E-state index in [-0.39, 0.29) is 30.2 Å². The Bertz CT molecular complexity index is 630. The standard InChI is InChI=1S/C18H25N3O4/c1-4-21-16(23)11-15(18(24)20-10-9-19-12(2)22)17(21)13-5-7-14(25-3)8-6-13/h5-8,15,17H,4,9-11H2,1-3H3,(H,19,22)(H,20,24)/t15-,17+/m1/s1. The highest BCUT2D eigenvalue weighted by Crippen LogP contribution is 2.38. The summed E-state index contributed by atoms with van der Waals surface area (Å²) >= 11 is 0. The first kappa shape index (κ1) is 18.8.